The summed E-state index contributed by atoms with van der Waals surface area (Å²) in [5, 5.41) is 5.05. The highest BCUT2D eigenvalue weighted by Crippen LogP contribution is 2.57. The topological polar surface area (TPSA) is 3.24 Å². The summed E-state index contributed by atoms with van der Waals surface area (Å²) in [6, 6.07) is 73.3. The molecule has 256 valence electrons. The van der Waals surface area contributed by atoms with Crippen LogP contribution >= 0.6 is 0 Å². The Labute approximate surface area is 317 Å². The zero-order valence-corrected chi connectivity index (χ0v) is 30.5. The van der Waals surface area contributed by atoms with Crippen LogP contribution in [0.3, 0.4) is 0 Å². The Morgan fingerprint density at radius 1 is 0.370 bits per heavy atom. The average molecular weight is 690 g/mol. The fourth-order valence-electron chi connectivity index (χ4n) is 8.80. The molecule has 1 aliphatic carbocycles. The first-order valence-corrected chi connectivity index (χ1v) is 18.8. The molecule has 1 nitrogen and oxygen atoms in total. The molecule has 10 rings (SSSR count). The zero-order valence-electron chi connectivity index (χ0n) is 30.5. The SMILES string of the molecule is CC1(C)c2cccc(-c3ccc4ccccc4c3)c2-c2cc(N(c3ccc(-c4ccccc4)cc3)c3ccc(-c4ccccc4)cc3)c3ccccc3c21. The van der Waals surface area contributed by atoms with Crippen molar-refractivity contribution >= 4 is 38.6 Å². The Morgan fingerprint density at radius 2 is 0.889 bits per heavy atom. The minimum Gasteiger partial charge on any atom is -0.310 e. The lowest BCUT2D eigenvalue weighted by molar-refractivity contribution is 0.666. The van der Waals surface area contributed by atoms with Gasteiger partial charge in [0.25, 0.3) is 0 Å². The van der Waals surface area contributed by atoms with Gasteiger partial charge in [0, 0.05) is 22.2 Å². The van der Waals surface area contributed by atoms with Gasteiger partial charge in [0.15, 0.2) is 0 Å². The standard InChI is InChI=1S/C53H39N/c1-53(2)49-23-13-22-45(42-25-24-38-18-9-10-19-41(38)34-42)51(49)48-35-50(46-20-11-12-21-47(46)52(48)53)54(43-30-26-39(27-31-43)36-14-5-3-6-15-36)44-32-28-40(29-33-44)37-16-7-4-8-17-37/h3-35H,1-2H3. The summed E-state index contributed by atoms with van der Waals surface area (Å²) in [5.74, 6) is 0. The Hall–Kier alpha value is -6.70. The molecule has 0 aliphatic heterocycles. The van der Waals surface area contributed by atoms with Gasteiger partial charge in [-0.2, -0.15) is 0 Å². The van der Waals surface area contributed by atoms with Crippen LogP contribution in [0.5, 0.6) is 0 Å². The molecule has 9 aromatic carbocycles. The van der Waals surface area contributed by atoms with E-state index in [0.717, 1.165) is 11.4 Å². The van der Waals surface area contributed by atoms with Crippen molar-refractivity contribution in [2.24, 2.45) is 0 Å². The highest BCUT2D eigenvalue weighted by molar-refractivity contribution is 6.09. The molecule has 1 aliphatic rings. The molecule has 0 atom stereocenters. The van der Waals surface area contributed by atoms with Crippen molar-refractivity contribution in [3.8, 4) is 44.5 Å². The maximum atomic E-state index is 2.48. The quantitative estimate of drug-likeness (QED) is 0.168. The van der Waals surface area contributed by atoms with Gasteiger partial charge < -0.3 is 4.90 Å². The van der Waals surface area contributed by atoms with Crippen molar-refractivity contribution in [2.75, 3.05) is 4.90 Å². The van der Waals surface area contributed by atoms with Crippen LogP contribution < -0.4 is 4.90 Å². The fraction of sp³-hybridized carbons (Fsp3) is 0.0566. The van der Waals surface area contributed by atoms with Crippen LogP contribution in [0.4, 0.5) is 17.1 Å². The third-order valence-corrected chi connectivity index (χ3v) is 11.4. The molecule has 0 saturated carbocycles. The zero-order chi connectivity index (χ0) is 36.2. The Balaban J connectivity index is 1.21. The molecule has 9 aromatic rings. The minimum atomic E-state index is -0.185. The minimum absolute atomic E-state index is 0.185. The van der Waals surface area contributed by atoms with Crippen LogP contribution in [0.2, 0.25) is 0 Å². The first-order valence-electron chi connectivity index (χ1n) is 18.8. The van der Waals surface area contributed by atoms with E-state index in [9.17, 15) is 0 Å². The van der Waals surface area contributed by atoms with Crippen molar-refractivity contribution in [1.29, 1.82) is 0 Å². The molecule has 1 heteroatoms. The molecule has 0 fully saturated rings. The van der Waals surface area contributed by atoms with E-state index >= 15 is 0 Å². The number of nitrogens with zero attached hydrogens (tertiary/aromatic N) is 1. The largest absolute Gasteiger partial charge is 0.310 e. The summed E-state index contributed by atoms with van der Waals surface area (Å²) < 4.78 is 0. The Bertz CT molecular complexity index is 2730. The van der Waals surface area contributed by atoms with Crippen molar-refractivity contribution in [3.05, 3.63) is 211 Å². The van der Waals surface area contributed by atoms with E-state index in [-0.39, 0.29) is 5.41 Å². The molecule has 0 unspecified atom stereocenters. The molecule has 0 amide bonds. The third kappa shape index (κ3) is 5.24. The van der Waals surface area contributed by atoms with Gasteiger partial charge in [0.2, 0.25) is 0 Å². The van der Waals surface area contributed by atoms with Crippen molar-refractivity contribution < 1.29 is 0 Å². The maximum absolute atomic E-state index is 2.48. The van der Waals surface area contributed by atoms with E-state index in [1.807, 2.05) is 0 Å². The third-order valence-electron chi connectivity index (χ3n) is 11.4. The molecule has 0 spiro atoms. The molecule has 0 saturated heterocycles. The predicted molar refractivity (Wildman–Crippen MR) is 230 cm³/mol. The summed E-state index contributed by atoms with van der Waals surface area (Å²) in [6.45, 7) is 4.80. The normalized spacial score (nSPS) is 12.8. The van der Waals surface area contributed by atoms with Gasteiger partial charge in [0.05, 0.1) is 5.69 Å². The van der Waals surface area contributed by atoms with Gasteiger partial charge in [-0.05, 0) is 108 Å². The van der Waals surface area contributed by atoms with Crippen LogP contribution in [0, 0.1) is 0 Å². The number of anilines is 3. The van der Waals surface area contributed by atoms with Gasteiger partial charge >= 0.3 is 0 Å². The van der Waals surface area contributed by atoms with Gasteiger partial charge in [-0.25, -0.2) is 0 Å². The van der Waals surface area contributed by atoms with Crippen molar-refractivity contribution in [3.63, 3.8) is 0 Å². The number of benzene rings is 9. The summed E-state index contributed by atoms with van der Waals surface area (Å²) >= 11 is 0. The monoisotopic (exact) mass is 689 g/mol. The highest BCUT2D eigenvalue weighted by atomic mass is 15.1. The first kappa shape index (κ1) is 32.0. The van der Waals surface area contributed by atoms with Crippen LogP contribution in [0.1, 0.15) is 25.0 Å². The Morgan fingerprint density at radius 3 is 1.52 bits per heavy atom. The average Bonchev–Trinajstić information content (AvgIpc) is 3.47. The van der Waals surface area contributed by atoms with Crippen molar-refractivity contribution in [1.82, 2.24) is 0 Å². The van der Waals surface area contributed by atoms with Crippen LogP contribution in [-0.2, 0) is 5.41 Å². The van der Waals surface area contributed by atoms with E-state index in [1.165, 1.54) is 82.9 Å². The van der Waals surface area contributed by atoms with Gasteiger partial charge in [-0.15, -0.1) is 0 Å². The van der Waals surface area contributed by atoms with Crippen molar-refractivity contribution in [2.45, 2.75) is 19.3 Å². The predicted octanol–water partition coefficient (Wildman–Crippen LogP) is 14.8. The smallest absolute Gasteiger partial charge is 0.0546 e. The van der Waals surface area contributed by atoms with Gasteiger partial charge in [-0.3, -0.25) is 0 Å². The van der Waals surface area contributed by atoms with E-state index in [4.69, 9.17) is 0 Å². The Kier molecular flexibility index (Phi) is 7.56. The van der Waals surface area contributed by atoms with Crippen LogP contribution in [0.15, 0.2) is 200 Å². The lowest BCUT2D eigenvalue weighted by Gasteiger charge is -2.30. The molecular weight excluding hydrogens is 651 g/mol. The fourth-order valence-corrected chi connectivity index (χ4v) is 8.80. The highest BCUT2D eigenvalue weighted by Gasteiger charge is 2.39. The summed E-state index contributed by atoms with van der Waals surface area (Å²) in [4.78, 5) is 2.45. The second-order valence-electron chi connectivity index (χ2n) is 14.9. The van der Waals surface area contributed by atoms with Gasteiger partial charge in [0.1, 0.15) is 0 Å². The van der Waals surface area contributed by atoms with E-state index < -0.39 is 0 Å². The molecule has 0 heterocycles. The van der Waals surface area contributed by atoms with Gasteiger partial charge in [-0.1, -0.05) is 178 Å². The lowest BCUT2D eigenvalue weighted by atomic mass is 9.79. The molecule has 0 radical (unpaired) electrons. The number of hydrogen-bond donors (Lipinski definition) is 0. The second kappa shape index (κ2) is 12.8. The number of fused-ring (bicyclic) bond motifs is 6. The van der Waals surface area contributed by atoms with E-state index in [2.05, 4.69) is 219 Å². The first-order chi connectivity index (χ1) is 26.5. The van der Waals surface area contributed by atoms with E-state index in [1.54, 1.807) is 0 Å². The molecule has 0 N–H and O–H groups in total. The molecule has 0 bridgehead atoms. The lowest BCUT2D eigenvalue weighted by Crippen LogP contribution is -2.16. The van der Waals surface area contributed by atoms with Crippen LogP contribution in [0.25, 0.3) is 66.1 Å². The molecule has 0 aromatic heterocycles. The summed E-state index contributed by atoms with van der Waals surface area (Å²) in [6.07, 6.45) is 0. The second-order valence-corrected chi connectivity index (χ2v) is 14.9. The molecule has 54 heavy (non-hydrogen) atoms. The maximum Gasteiger partial charge on any atom is 0.0546 e. The van der Waals surface area contributed by atoms with E-state index in [0.29, 0.717) is 0 Å². The summed E-state index contributed by atoms with van der Waals surface area (Å²) in [5.41, 5.74) is 16.0. The summed E-state index contributed by atoms with van der Waals surface area (Å²) in [7, 11) is 0. The number of rotatable bonds is 6. The molecular formula is C53H39N. The van der Waals surface area contributed by atoms with Crippen LogP contribution in [-0.4, -0.2) is 0 Å². The number of hydrogen-bond acceptors (Lipinski definition) is 1.